The first-order chi connectivity index (χ1) is 17.5. The van der Waals surface area contributed by atoms with E-state index in [0.717, 1.165) is 11.3 Å². The molecule has 3 aromatic heterocycles. The molecule has 4 atom stereocenters. The summed E-state index contributed by atoms with van der Waals surface area (Å²) in [6, 6.07) is 10.4. The number of pyridine rings is 1. The Bertz CT molecular complexity index is 1550. The Balaban J connectivity index is 1.21. The highest BCUT2D eigenvalue weighted by atomic mass is 127. The zero-order valence-electron chi connectivity index (χ0n) is 19.2. The summed E-state index contributed by atoms with van der Waals surface area (Å²) in [5, 5.41) is 12.4. The Morgan fingerprint density at radius 3 is 2.65 bits per heavy atom. The molecule has 37 heavy (non-hydrogen) atoms. The lowest BCUT2D eigenvalue weighted by atomic mass is 10.1. The molecule has 0 radical (unpaired) electrons. The van der Waals surface area contributed by atoms with Crippen molar-refractivity contribution in [1.29, 1.82) is 0 Å². The number of halogens is 3. The molecular formula is C23H21FI2N4O5S2. The monoisotopic (exact) mass is 770 g/mol. The van der Waals surface area contributed by atoms with E-state index in [1.54, 1.807) is 24.5 Å². The van der Waals surface area contributed by atoms with Crippen LogP contribution in [0.1, 0.15) is 0 Å². The van der Waals surface area contributed by atoms with E-state index < -0.39 is 21.6 Å². The number of benzene rings is 1. The van der Waals surface area contributed by atoms with Gasteiger partial charge in [0.1, 0.15) is 24.0 Å². The van der Waals surface area contributed by atoms with E-state index in [4.69, 9.17) is 14.2 Å². The first-order valence-electron chi connectivity index (χ1n) is 11.2. The SMILES string of the molecule is CS(=O)(I)(I)Nc1nc(-c2ccc(-c3nc4cc(O[C@@H]5CO[C@H]6[C@@H]5OC[C@H]6O)[nH]c4cc3F)cc2)cs1. The Morgan fingerprint density at radius 1 is 1.16 bits per heavy atom. The highest BCUT2D eigenvalue weighted by Crippen LogP contribution is 2.41. The minimum absolute atomic E-state index is 0.217. The summed E-state index contributed by atoms with van der Waals surface area (Å²) in [6.07, 6.45) is -0.138. The molecular weight excluding hydrogens is 749 g/mol. The molecule has 14 heteroatoms. The summed E-state index contributed by atoms with van der Waals surface area (Å²) >= 11 is 5.17. The third kappa shape index (κ3) is 5.51. The fraction of sp³-hybridized carbons (Fsp3) is 0.304. The van der Waals surface area contributed by atoms with Crippen LogP contribution in [0.2, 0.25) is 0 Å². The van der Waals surface area contributed by atoms with Gasteiger partial charge in [-0.2, -0.15) is 0 Å². The average Bonchev–Trinajstić information content (AvgIpc) is 3.59. The quantitative estimate of drug-likeness (QED) is 0.189. The van der Waals surface area contributed by atoms with E-state index in [1.807, 2.05) is 59.9 Å². The second-order valence-electron chi connectivity index (χ2n) is 9.02. The zero-order valence-corrected chi connectivity index (χ0v) is 25.1. The molecule has 0 bridgehead atoms. The summed E-state index contributed by atoms with van der Waals surface area (Å²) in [6.45, 7) is 0.515. The molecule has 5 heterocycles. The first kappa shape index (κ1) is 25.8. The summed E-state index contributed by atoms with van der Waals surface area (Å²) in [7, 11) is 0. The van der Waals surface area contributed by atoms with E-state index in [9.17, 15) is 9.32 Å². The molecule has 2 fully saturated rings. The lowest BCUT2D eigenvalue weighted by Gasteiger charge is -2.24. The van der Waals surface area contributed by atoms with Crippen LogP contribution in [0.5, 0.6) is 5.88 Å². The maximum atomic E-state index is 15.0. The number of nitrogens with one attached hydrogen (secondary N) is 2. The number of aliphatic hydroxyl groups is 1. The number of hydrogen-bond donors (Lipinski definition) is 3. The van der Waals surface area contributed by atoms with Crippen molar-refractivity contribution >= 4 is 73.5 Å². The Labute approximate surface area is 239 Å². The van der Waals surface area contributed by atoms with Crippen molar-refractivity contribution in [3.63, 3.8) is 0 Å². The van der Waals surface area contributed by atoms with Crippen molar-refractivity contribution in [2.75, 3.05) is 24.2 Å². The van der Waals surface area contributed by atoms with Crippen LogP contribution in [0.15, 0.2) is 41.8 Å². The van der Waals surface area contributed by atoms with Crippen LogP contribution < -0.4 is 9.46 Å². The highest BCUT2D eigenvalue weighted by Gasteiger charge is 2.48. The van der Waals surface area contributed by atoms with Gasteiger partial charge >= 0.3 is 0 Å². The summed E-state index contributed by atoms with van der Waals surface area (Å²) in [5.74, 6) is -0.0359. The number of hydrogen-bond acceptors (Lipinski definition) is 8. The van der Waals surface area contributed by atoms with Gasteiger partial charge in [0.05, 0.1) is 33.5 Å². The van der Waals surface area contributed by atoms with Gasteiger partial charge in [-0.15, -0.1) is 11.3 Å². The van der Waals surface area contributed by atoms with E-state index in [0.29, 0.717) is 34.2 Å². The molecule has 2 aliphatic rings. The number of aliphatic hydroxyl groups excluding tert-OH is 1. The fourth-order valence-electron chi connectivity index (χ4n) is 4.42. The van der Waals surface area contributed by atoms with Crippen LogP contribution in [0, 0.1) is 5.82 Å². The van der Waals surface area contributed by atoms with Crippen molar-refractivity contribution in [3.8, 4) is 28.4 Å². The van der Waals surface area contributed by atoms with Crippen molar-refractivity contribution in [3.05, 3.63) is 47.6 Å². The second-order valence-corrected chi connectivity index (χ2v) is 30.1. The van der Waals surface area contributed by atoms with E-state index in [1.165, 1.54) is 17.4 Å². The Hall–Kier alpha value is -1.44. The molecule has 4 aromatic rings. The Morgan fingerprint density at radius 2 is 1.89 bits per heavy atom. The lowest BCUT2D eigenvalue weighted by molar-refractivity contribution is 0.00794. The minimum Gasteiger partial charge on any atom is -0.470 e. The van der Waals surface area contributed by atoms with Gasteiger partial charge in [-0.3, -0.25) is 4.72 Å². The number of H-pyrrole nitrogens is 1. The van der Waals surface area contributed by atoms with Gasteiger partial charge in [0.25, 0.3) is 0 Å². The van der Waals surface area contributed by atoms with Gasteiger partial charge in [0.15, 0.2) is 22.9 Å². The van der Waals surface area contributed by atoms with Crippen molar-refractivity contribution in [2.24, 2.45) is 0 Å². The number of anilines is 1. The molecule has 9 nitrogen and oxygen atoms in total. The van der Waals surface area contributed by atoms with Gasteiger partial charge in [-0.05, 0) is 0 Å². The predicted molar refractivity (Wildman–Crippen MR) is 158 cm³/mol. The lowest BCUT2D eigenvalue weighted by Crippen LogP contribution is -2.34. The van der Waals surface area contributed by atoms with Gasteiger partial charge < -0.3 is 24.3 Å². The molecule has 0 unspecified atom stereocenters. The summed E-state index contributed by atoms with van der Waals surface area (Å²) < 4.78 is 44.7. The predicted octanol–water partition coefficient (Wildman–Crippen LogP) is 4.88. The number of ether oxygens (including phenoxy) is 3. The molecule has 0 spiro atoms. The summed E-state index contributed by atoms with van der Waals surface area (Å²) in [4.78, 5) is 12.1. The Kier molecular flexibility index (Phi) is 6.52. The van der Waals surface area contributed by atoms with Crippen LogP contribution in [0.4, 0.5) is 9.52 Å². The molecule has 6 rings (SSSR count). The third-order valence-corrected chi connectivity index (χ3v) is 8.90. The van der Waals surface area contributed by atoms with Crippen LogP contribution >= 0.6 is 53.7 Å². The van der Waals surface area contributed by atoms with Crippen molar-refractivity contribution in [1.82, 2.24) is 15.0 Å². The smallest absolute Gasteiger partial charge is 0.194 e. The molecule has 2 saturated heterocycles. The molecule has 3 N–H and O–H groups in total. The van der Waals surface area contributed by atoms with Crippen molar-refractivity contribution in [2.45, 2.75) is 24.4 Å². The number of aromatic amines is 1. The number of nitrogens with zero attached hydrogens (tertiary/aromatic N) is 2. The topological polar surface area (TPSA) is 119 Å². The summed E-state index contributed by atoms with van der Waals surface area (Å²) in [5.41, 5.74) is 3.50. The standard InChI is InChI=1S/C23H21FI2N4O5S2/c1-37(25,26,32)30-23-29-16(10-36-23)11-2-4-12(5-3-11)20-13(24)6-14-15(28-20)7-19(27-14)35-18-9-34-21-17(31)8-33-22(18)21/h2-7,10,17-18,21-22,27,31H,8-9H2,1H3,(H,29,30,32)/t17-,18-,21-,22-/m1/s1. The first-order valence-corrected chi connectivity index (χ1v) is 19.5. The number of thiazole rings is 1. The number of fused-ring (bicyclic) bond motifs is 2. The maximum Gasteiger partial charge on any atom is 0.194 e. The number of aromatic nitrogens is 3. The highest BCUT2D eigenvalue weighted by molar-refractivity contribution is 14.3. The molecule has 2 aliphatic heterocycles. The van der Waals surface area contributed by atoms with Gasteiger partial charge in [-0.1, -0.05) is 24.3 Å². The van der Waals surface area contributed by atoms with Crippen LogP contribution in [-0.2, 0) is 13.1 Å². The van der Waals surface area contributed by atoms with Crippen LogP contribution in [0.3, 0.4) is 0 Å². The minimum atomic E-state index is -3.00. The molecule has 196 valence electrons. The molecule has 1 aromatic carbocycles. The zero-order chi connectivity index (χ0) is 26.0. The van der Waals surface area contributed by atoms with Gasteiger partial charge in [0.2, 0.25) is 0 Å². The third-order valence-electron chi connectivity index (χ3n) is 6.06. The average molecular weight is 770 g/mol. The van der Waals surface area contributed by atoms with E-state index >= 15 is 4.39 Å². The fourth-order valence-corrected chi connectivity index (χ4v) is 8.35. The van der Waals surface area contributed by atoms with Crippen LogP contribution in [-0.4, -0.2) is 68.2 Å². The number of rotatable bonds is 6. The normalized spacial score (nSPS) is 24.6. The van der Waals surface area contributed by atoms with Crippen LogP contribution in [0.25, 0.3) is 33.5 Å². The van der Waals surface area contributed by atoms with E-state index in [-0.39, 0.29) is 24.5 Å². The van der Waals surface area contributed by atoms with Crippen molar-refractivity contribution < 1.29 is 27.9 Å². The van der Waals surface area contributed by atoms with E-state index in [2.05, 4.69) is 19.7 Å². The second kappa shape index (κ2) is 9.34. The molecule has 0 amide bonds. The largest absolute Gasteiger partial charge is 0.470 e. The molecule has 0 saturated carbocycles. The molecule has 0 aliphatic carbocycles. The van der Waals surface area contributed by atoms with Gasteiger partial charge in [0, 0.05) is 77.3 Å². The maximum absolute atomic E-state index is 15.0. The van der Waals surface area contributed by atoms with Gasteiger partial charge in [-0.25, -0.2) is 18.6 Å².